The maximum Gasteiger partial charge on any atom is 0.240 e. The molecule has 0 aliphatic rings. The van der Waals surface area contributed by atoms with Gasteiger partial charge >= 0.3 is 0 Å². The van der Waals surface area contributed by atoms with Crippen LogP contribution in [-0.4, -0.2) is 21.6 Å². The highest BCUT2D eigenvalue weighted by molar-refractivity contribution is 7.89. The molecule has 6 heteroatoms. The summed E-state index contributed by atoms with van der Waals surface area (Å²) in [4.78, 5) is 0.152. The second-order valence-electron chi connectivity index (χ2n) is 3.73. The molecule has 1 atom stereocenters. The summed E-state index contributed by atoms with van der Waals surface area (Å²) >= 11 is 5.84. The van der Waals surface area contributed by atoms with E-state index >= 15 is 0 Å². The number of rotatable bonds is 5. The van der Waals surface area contributed by atoms with Gasteiger partial charge in [0, 0.05) is 12.1 Å². The van der Waals surface area contributed by atoms with E-state index in [0.29, 0.717) is 10.8 Å². The van der Waals surface area contributed by atoms with Gasteiger partial charge in [0.15, 0.2) is 0 Å². The van der Waals surface area contributed by atoms with Crippen LogP contribution in [0.1, 0.15) is 20.3 Å². The molecule has 0 spiro atoms. The van der Waals surface area contributed by atoms with Gasteiger partial charge in [-0.05, 0) is 25.5 Å². The van der Waals surface area contributed by atoms with Crippen molar-refractivity contribution in [2.75, 3.05) is 7.11 Å². The molecule has 1 N–H and O–H groups in total. The lowest BCUT2D eigenvalue weighted by Crippen LogP contribution is -2.31. The Balaban J connectivity index is 3.07. The van der Waals surface area contributed by atoms with E-state index in [0.717, 1.165) is 6.42 Å². The highest BCUT2D eigenvalue weighted by atomic mass is 35.5. The predicted molar refractivity (Wildman–Crippen MR) is 68.1 cm³/mol. The molecule has 0 heterocycles. The number of methoxy groups -OCH3 is 1. The van der Waals surface area contributed by atoms with Crippen molar-refractivity contribution in [3.8, 4) is 5.75 Å². The Morgan fingerprint density at radius 1 is 1.47 bits per heavy atom. The van der Waals surface area contributed by atoms with Gasteiger partial charge < -0.3 is 4.74 Å². The number of hydrogen-bond acceptors (Lipinski definition) is 3. The summed E-state index contributed by atoms with van der Waals surface area (Å²) < 4.78 is 31.5. The topological polar surface area (TPSA) is 55.4 Å². The number of halogens is 1. The van der Waals surface area contributed by atoms with Crippen molar-refractivity contribution in [1.82, 2.24) is 4.72 Å². The molecule has 4 nitrogen and oxygen atoms in total. The molecule has 0 aliphatic carbocycles. The molecule has 0 saturated heterocycles. The SMILES string of the molecule is CC[C@H](C)NS(=O)(=O)c1ccc(Cl)c(OC)c1. The summed E-state index contributed by atoms with van der Waals surface area (Å²) in [5.41, 5.74) is 0. The smallest absolute Gasteiger partial charge is 0.240 e. The van der Waals surface area contributed by atoms with Gasteiger partial charge in [-0.1, -0.05) is 18.5 Å². The maximum atomic E-state index is 12.0. The molecule has 0 amide bonds. The third kappa shape index (κ3) is 3.59. The number of nitrogens with one attached hydrogen (secondary N) is 1. The third-order valence-electron chi connectivity index (χ3n) is 2.40. The molecule has 0 radical (unpaired) electrons. The van der Waals surface area contributed by atoms with Crippen LogP contribution in [0.5, 0.6) is 5.75 Å². The largest absolute Gasteiger partial charge is 0.495 e. The Morgan fingerprint density at radius 3 is 2.65 bits per heavy atom. The first-order valence-corrected chi connectivity index (χ1v) is 7.12. The zero-order valence-corrected chi connectivity index (χ0v) is 11.6. The van der Waals surface area contributed by atoms with Crippen molar-refractivity contribution in [1.29, 1.82) is 0 Å². The van der Waals surface area contributed by atoms with Crippen LogP contribution in [0.3, 0.4) is 0 Å². The van der Waals surface area contributed by atoms with Gasteiger partial charge in [0.25, 0.3) is 0 Å². The third-order valence-corrected chi connectivity index (χ3v) is 4.30. The van der Waals surface area contributed by atoms with Gasteiger partial charge in [0.2, 0.25) is 10.0 Å². The molecular formula is C11H16ClNO3S. The van der Waals surface area contributed by atoms with Crippen molar-refractivity contribution < 1.29 is 13.2 Å². The van der Waals surface area contributed by atoms with Crippen molar-refractivity contribution in [2.24, 2.45) is 0 Å². The van der Waals surface area contributed by atoms with Gasteiger partial charge in [-0.2, -0.15) is 0 Å². The van der Waals surface area contributed by atoms with Crippen LogP contribution in [0.2, 0.25) is 5.02 Å². The van der Waals surface area contributed by atoms with E-state index in [4.69, 9.17) is 16.3 Å². The molecular weight excluding hydrogens is 262 g/mol. The highest BCUT2D eigenvalue weighted by Gasteiger charge is 2.18. The van der Waals surface area contributed by atoms with E-state index in [1.807, 2.05) is 13.8 Å². The molecule has 1 rings (SSSR count). The lowest BCUT2D eigenvalue weighted by atomic mass is 10.3. The Hall–Kier alpha value is -0.780. The minimum Gasteiger partial charge on any atom is -0.495 e. The number of benzene rings is 1. The summed E-state index contributed by atoms with van der Waals surface area (Å²) in [5.74, 6) is 0.346. The van der Waals surface area contributed by atoms with Gasteiger partial charge in [-0.25, -0.2) is 13.1 Å². The Labute approximate surface area is 107 Å². The second kappa shape index (κ2) is 5.71. The Bertz CT molecular complexity index is 487. The van der Waals surface area contributed by atoms with Crippen molar-refractivity contribution >= 4 is 21.6 Å². The van der Waals surface area contributed by atoms with Crippen molar-refractivity contribution in [3.63, 3.8) is 0 Å². The molecule has 0 unspecified atom stereocenters. The van der Waals surface area contributed by atoms with Crippen LogP contribution < -0.4 is 9.46 Å². The van der Waals surface area contributed by atoms with E-state index in [2.05, 4.69) is 4.72 Å². The van der Waals surface area contributed by atoms with Gasteiger partial charge in [0.05, 0.1) is 17.0 Å². The average Bonchev–Trinajstić information content (AvgIpc) is 2.28. The number of sulfonamides is 1. The van der Waals surface area contributed by atoms with Crippen LogP contribution in [0.15, 0.2) is 23.1 Å². The summed E-state index contributed by atoms with van der Waals surface area (Å²) in [6.07, 6.45) is 0.726. The van der Waals surface area contributed by atoms with Crippen LogP contribution in [0.4, 0.5) is 0 Å². The molecule has 96 valence electrons. The first-order valence-electron chi connectivity index (χ1n) is 5.26. The first kappa shape index (κ1) is 14.3. The lowest BCUT2D eigenvalue weighted by molar-refractivity contribution is 0.413. The van der Waals surface area contributed by atoms with Crippen molar-refractivity contribution in [3.05, 3.63) is 23.2 Å². The standard InChI is InChI=1S/C11H16ClNO3S/c1-4-8(2)13-17(14,15)9-5-6-10(12)11(7-9)16-3/h5-8,13H,4H2,1-3H3/t8-/m0/s1. The minimum atomic E-state index is -3.51. The van der Waals surface area contributed by atoms with Crippen LogP contribution >= 0.6 is 11.6 Å². The zero-order valence-electron chi connectivity index (χ0n) is 10.0. The minimum absolute atomic E-state index is 0.110. The molecule has 0 bridgehead atoms. The van der Waals surface area contributed by atoms with E-state index in [1.54, 1.807) is 0 Å². The summed E-state index contributed by atoms with van der Waals surface area (Å²) in [7, 11) is -2.07. The zero-order chi connectivity index (χ0) is 13.1. The van der Waals surface area contributed by atoms with Gasteiger partial charge in [-0.15, -0.1) is 0 Å². The fourth-order valence-electron chi connectivity index (χ4n) is 1.22. The fraction of sp³-hybridized carbons (Fsp3) is 0.455. The molecule has 1 aromatic rings. The number of hydrogen-bond donors (Lipinski definition) is 1. The number of ether oxygens (including phenoxy) is 1. The summed E-state index contributed by atoms with van der Waals surface area (Å²) in [5, 5.41) is 0.384. The molecule has 1 aromatic carbocycles. The lowest BCUT2D eigenvalue weighted by Gasteiger charge is -2.13. The molecule has 0 saturated carbocycles. The van der Waals surface area contributed by atoms with Crippen LogP contribution in [0, 0.1) is 0 Å². The molecule has 0 aromatic heterocycles. The Kier molecular flexibility index (Phi) is 4.80. The first-order chi connectivity index (χ1) is 7.90. The normalized spacial score (nSPS) is 13.4. The second-order valence-corrected chi connectivity index (χ2v) is 5.85. The quantitative estimate of drug-likeness (QED) is 0.899. The van der Waals surface area contributed by atoms with Crippen LogP contribution in [0.25, 0.3) is 0 Å². The molecule has 17 heavy (non-hydrogen) atoms. The monoisotopic (exact) mass is 277 g/mol. The van der Waals surface area contributed by atoms with Gasteiger partial charge in [-0.3, -0.25) is 0 Å². The van der Waals surface area contributed by atoms with Crippen molar-refractivity contribution in [2.45, 2.75) is 31.2 Å². The average molecular weight is 278 g/mol. The summed E-state index contributed by atoms with van der Waals surface area (Å²) in [6.45, 7) is 3.72. The highest BCUT2D eigenvalue weighted by Crippen LogP contribution is 2.27. The van der Waals surface area contributed by atoms with E-state index in [1.165, 1.54) is 25.3 Å². The summed E-state index contributed by atoms with van der Waals surface area (Å²) in [6, 6.07) is 4.26. The van der Waals surface area contributed by atoms with E-state index < -0.39 is 10.0 Å². The molecule has 0 fully saturated rings. The Morgan fingerprint density at radius 2 is 2.12 bits per heavy atom. The predicted octanol–water partition coefficient (Wildman–Crippen LogP) is 2.43. The van der Waals surface area contributed by atoms with E-state index in [9.17, 15) is 8.42 Å². The maximum absolute atomic E-state index is 12.0. The van der Waals surface area contributed by atoms with Gasteiger partial charge in [0.1, 0.15) is 5.75 Å². The fourth-order valence-corrected chi connectivity index (χ4v) is 2.76. The molecule has 0 aliphatic heterocycles. The van der Waals surface area contributed by atoms with E-state index in [-0.39, 0.29) is 10.9 Å². The van der Waals surface area contributed by atoms with Crippen LogP contribution in [-0.2, 0) is 10.0 Å².